The SMILES string of the molecule is CC.CC.Cc1cc(C2=NN=C(c3ccccc3)C2)cc(C2=NN=C(c3ccccc3)C2)c1. The molecule has 4 heteroatoms. The summed E-state index contributed by atoms with van der Waals surface area (Å²) < 4.78 is 0. The molecule has 33 heavy (non-hydrogen) atoms. The van der Waals surface area contributed by atoms with Crippen LogP contribution in [0.4, 0.5) is 0 Å². The Bertz CT molecular complexity index is 1100. The van der Waals surface area contributed by atoms with E-state index in [2.05, 4.69) is 69.8 Å². The normalized spacial score (nSPS) is 14.1. The maximum absolute atomic E-state index is 4.47. The topological polar surface area (TPSA) is 49.4 Å². The van der Waals surface area contributed by atoms with Crippen LogP contribution in [0.15, 0.2) is 99.3 Å². The minimum Gasteiger partial charge on any atom is -0.154 e. The van der Waals surface area contributed by atoms with Crippen LogP contribution < -0.4 is 0 Å². The van der Waals surface area contributed by atoms with Crippen molar-refractivity contribution in [1.82, 2.24) is 0 Å². The van der Waals surface area contributed by atoms with Crippen molar-refractivity contribution < 1.29 is 0 Å². The lowest BCUT2D eigenvalue weighted by Gasteiger charge is -2.08. The second kappa shape index (κ2) is 11.8. The van der Waals surface area contributed by atoms with Gasteiger partial charge in [-0.15, -0.1) is 0 Å². The molecule has 3 aromatic rings. The summed E-state index contributed by atoms with van der Waals surface area (Å²) in [6.07, 6.45) is 1.48. The number of hydrogen-bond acceptors (Lipinski definition) is 4. The smallest absolute Gasteiger partial charge is 0.0763 e. The fourth-order valence-corrected chi connectivity index (χ4v) is 3.72. The molecule has 0 atom stereocenters. The number of rotatable bonds is 4. The Kier molecular flexibility index (Phi) is 8.59. The summed E-state index contributed by atoms with van der Waals surface area (Å²) in [7, 11) is 0. The first-order chi connectivity index (χ1) is 16.3. The lowest BCUT2D eigenvalue weighted by Crippen LogP contribution is -2.09. The van der Waals surface area contributed by atoms with Crippen molar-refractivity contribution in [2.24, 2.45) is 20.4 Å². The van der Waals surface area contributed by atoms with Gasteiger partial charge in [0.05, 0.1) is 22.8 Å². The van der Waals surface area contributed by atoms with Crippen molar-refractivity contribution in [3.63, 3.8) is 0 Å². The molecule has 5 rings (SSSR count). The molecule has 168 valence electrons. The highest BCUT2D eigenvalue weighted by atomic mass is 15.2. The average molecular weight is 437 g/mol. The molecule has 0 unspecified atom stereocenters. The Morgan fingerprint density at radius 2 is 0.788 bits per heavy atom. The van der Waals surface area contributed by atoms with E-state index in [1.165, 1.54) is 5.56 Å². The molecule has 0 amide bonds. The van der Waals surface area contributed by atoms with Gasteiger partial charge in [0.15, 0.2) is 0 Å². The molecular weight excluding hydrogens is 404 g/mol. The predicted molar refractivity (Wildman–Crippen MR) is 142 cm³/mol. The molecule has 0 spiro atoms. The fraction of sp³-hybridized carbons (Fsp3) is 0.241. The highest BCUT2D eigenvalue weighted by Gasteiger charge is 2.20. The monoisotopic (exact) mass is 436 g/mol. The minimum absolute atomic E-state index is 0.741. The van der Waals surface area contributed by atoms with E-state index in [0.29, 0.717) is 0 Å². The van der Waals surface area contributed by atoms with Gasteiger partial charge < -0.3 is 0 Å². The summed E-state index contributed by atoms with van der Waals surface area (Å²) in [6.45, 7) is 10.1. The highest BCUT2D eigenvalue weighted by Crippen LogP contribution is 2.22. The molecule has 0 radical (unpaired) electrons. The fourth-order valence-electron chi connectivity index (χ4n) is 3.72. The minimum atomic E-state index is 0.741. The van der Waals surface area contributed by atoms with Gasteiger partial charge in [-0.2, -0.15) is 20.4 Å². The van der Waals surface area contributed by atoms with Crippen LogP contribution >= 0.6 is 0 Å². The van der Waals surface area contributed by atoms with Crippen molar-refractivity contribution in [1.29, 1.82) is 0 Å². The van der Waals surface area contributed by atoms with Crippen LogP contribution in [0.25, 0.3) is 0 Å². The van der Waals surface area contributed by atoms with E-state index in [1.54, 1.807) is 0 Å². The first-order valence-corrected chi connectivity index (χ1v) is 11.8. The van der Waals surface area contributed by atoms with Crippen molar-refractivity contribution in [3.8, 4) is 0 Å². The van der Waals surface area contributed by atoms with Crippen molar-refractivity contribution in [3.05, 3.63) is 107 Å². The van der Waals surface area contributed by atoms with Crippen LogP contribution in [0.1, 0.15) is 68.4 Å². The molecule has 0 saturated carbocycles. The predicted octanol–water partition coefficient (Wildman–Crippen LogP) is 7.24. The molecule has 0 N–H and O–H groups in total. The first-order valence-electron chi connectivity index (χ1n) is 11.8. The van der Waals surface area contributed by atoms with Gasteiger partial charge in [0.25, 0.3) is 0 Å². The third kappa shape index (κ3) is 5.78. The number of nitrogens with zero attached hydrogens (tertiary/aromatic N) is 4. The third-order valence-electron chi connectivity index (χ3n) is 5.21. The van der Waals surface area contributed by atoms with E-state index < -0.39 is 0 Å². The number of benzene rings is 3. The molecular formula is C29H32N4. The Morgan fingerprint density at radius 1 is 0.455 bits per heavy atom. The zero-order valence-corrected chi connectivity index (χ0v) is 20.2. The van der Waals surface area contributed by atoms with E-state index in [1.807, 2.05) is 64.1 Å². The second-order valence-electron chi connectivity index (χ2n) is 7.36. The summed E-state index contributed by atoms with van der Waals surface area (Å²) in [4.78, 5) is 0. The van der Waals surface area contributed by atoms with Gasteiger partial charge in [-0.25, -0.2) is 0 Å². The van der Waals surface area contributed by atoms with Crippen molar-refractivity contribution >= 4 is 22.8 Å². The molecule has 0 fully saturated rings. The maximum Gasteiger partial charge on any atom is 0.0763 e. The Labute approximate surface area is 197 Å². The summed E-state index contributed by atoms with van der Waals surface area (Å²) in [5.74, 6) is 0. The largest absolute Gasteiger partial charge is 0.154 e. The van der Waals surface area contributed by atoms with E-state index in [9.17, 15) is 0 Å². The van der Waals surface area contributed by atoms with E-state index in [-0.39, 0.29) is 0 Å². The van der Waals surface area contributed by atoms with Crippen molar-refractivity contribution in [2.75, 3.05) is 0 Å². The Hall–Kier alpha value is -3.66. The lowest BCUT2D eigenvalue weighted by molar-refractivity contribution is 1.26. The molecule has 2 aliphatic rings. The quantitative estimate of drug-likeness (QED) is 0.414. The van der Waals surface area contributed by atoms with Crippen LogP contribution in [0.2, 0.25) is 0 Å². The molecule has 0 aliphatic carbocycles. The molecule has 0 aromatic heterocycles. The molecule has 3 aromatic carbocycles. The van der Waals surface area contributed by atoms with Gasteiger partial charge in [-0.1, -0.05) is 100 Å². The zero-order chi connectivity index (χ0) is 23.6. The van der Waals surface area contributed by atoms with Gasteiger partial charge in [-0.3, -0.25) is 0 Å². The third-order valence-corrected chi connectivity index (χ3v) is 5.21. The molecule has 0 bridgehead atoms. The average Bonchev–Trinajstić information content (AvgIpc) is 3.58. The molecule has 0 saturated heterocycles. The molecule has 2 heterocycles. The summed E-state index contributed by atoms with van der Waals surface area (Å²) in [5, 5.41) is 17.8. The van der Waals surface area contributed by atoms with Gasteiger partial charge in [-0.05, 0) is 40.8 Å². The Morgan fingerprint density at radius 3 is 1.15 bits per heavy atom. The number of hydrogen-bond donors (Lipinski definition) is 0. The molecule has 2 aliphatic heterocycles. The lowest BCUT2D eigenvalue weighted by atomic mass is 9.94. The Balaban J connectivity index is 0.000000728. The number of aryl methyl sites for hydroxylation is 1. The van der Waals surface area contributed by atoms with Gasteiger partial charge in [0, 0.05) is 12.8 Å². The zero-order valence-electron chi connectivity index (χ0n) is 20.2. The van der Waals surface area contributed by atoms with E-state index in [4.69, 9.17) is 0 Å². The summed E-state index contributed by atoms with van der Waals surface area (Å²) >= 11 is 0. The maximum atomic E-state index is 4.47. The standard InChI is InChI=1S/C25H20N4.2C2H6/c1-17-12-20(24-15-22(26-28-24)18-8-4-2-5-9-18)14-21(13-17)25-16-23(27-29-25)19-10-6-3-7-11-19;2*1-2/h2-14H,15-16H2,1H3;2*1-2H3. The van der Waals surface area contributed by atoms with Gasteiger partial charge in [0.2, 0.25) is 0 Å². The summed E-state index contributed by atoms with van der Waals surface area (Å²) in [5.41, 5.74) is 9.65. The van der Waals surface area contributed by atoms with Crippen LogP contribution in [-0.4, -0.2) is 22.8 Å². The van der Waals surface area contributed by atoms with E-state index in [0.717, 1.165) is 57.9 Å². The van der Waals surface area contributed by atoms with Crippen LogP contribution in [-0.2, 0) is 0 Å². The van der Waals surface area contributed by atoms with Crippen LogP contribution in [0.3, 0.4) is 0 Å². The van der Waals surface area contributed by atoms with E-state index >= 15 is 0 Å². The highest BCUT2D eigenvalue weighted by molar-refractivity contribution is 6.22. The second-order valence-corrected chi connectivity index (χ2v) is 7.36. The summed E-state index contributed by atoms with van der Waals surface area (Å²) in [6, 6.07) is 27.0. The van der Waals surface area contributed by atoms with Crippen LogP contribution in [0.5, 0.6) is 0 Å². The van der Waals surface area contributed by atoms with Crippen LogP contribution in [0, 0.1) is 6.92 Å². The first kappa shape index (κ1) is 24.0. The molecule has 4 nitrogen and oxygen atoms in total. The van der Waals surface area contributed by atoms with Gasteiger partial charge >= 0.3 is 0 Å². The van der Waals surface area contributed by atoms with Gasteiger partial charge in [0.1, 0.15) is 0 Å². The van der Waals surface area contributed by atoms with Crippen molar-refractivity contribution in [2.45, 2.75) is 47.5 Å².